The minimum Gasteiger partial charge on any atom is -0.366 e. The summed E-state index contributed by atoms with van der Waals surface area (Å²) in [5.74, 6) is 6.46. The maximum Gasteiger partial charge on any atom is 0.0465 e. The van der Waals surface area contributed by atoms with E-state index in [1.807, 2.05) is 19.1 Å². The van der Waals surface area contributed by atoms with Crippen molar-refractivity contribution in [2.75, 3.05) is 13.1 Å². The molecule has 1 aliphatic carbocycles. The Balaban J connectivity index is 3.04. The molecule has 0 saturated carbocycles. The first-order valence-electron chi connectivity index (χ1n) is 8.10. The highest BCUT2D eigenvalue weighted by atomic mass is 15.1. The summed E-state index contributed by atoms with van der Waals surface area (Å²) in [7, 11) is 0. The Morgan fingerprint density at radius 3 is 2.52 bits per heavy atom. The Hall–Kier alpha value is -1.68. The van der Waals surface area contributed by atoms with Gasteiger partial charge in [-0.3, -0.25) is 0 Å². The zero-order chi connectivity index (χ0) is 15.5. The van der Waals surface area contributed by atoms with Crippen molar-refractivity contribution in [1.29, 1.82) is 0 Å². The molecule has 0 radical (unpaired) electrons. The van der Waals surface area contributed by atoms with Gasteiger partial charge in [0.25, 0.3) is 0 Å². The van der Waals surface area contributed by atoms with Crippen molar-refractivity contribution >= 4 is 0 Å². The molecule has 0 aromatic rings. The van der Waals surface area contributed by atoms with Gasteiger partial charge in [-0.05, 0) is 38.2 Å². The van der Waals surface area contributed by atoms with E-state index in [1.54, 1.807) is 0 Å². The first-order chi connectivity index (χ1) is 10.3. The monoisotopic (exact) mass is 283 g/mol. The van der Waals surface area contributed by atoms with Crippen LogP contribution < -0.4 is 0 Å². The van der Waals surface area contributed by atoms with E-state index < -0.39 is 0 Å². The Morgan fingerprint density at radius 2 is 1.95 bits per heavy atom. The van der Waals surface area contributed by atoms with Gasteiger partial charge >= 0.3 is 0 Å². The van der Waals surface area contributed by atoms with Gasteiger partial charge < -0.3 is 4.90 Å². The normalized spacial score (nSPS) is 14.1. The molecule has 0 heterocycles. The van der Waals surface area contributed by atoms with Gasteiger partial charge in [0.1, 0.15) is 0 Å². The molecule has 0 N–H and O–H groups in total. The minimum absolute atomic E-state index is 0.860. The van der Waals surface area contributed by atoms with Crippen LogP contribution >= 0.6 is 0 Å². The predicted octanol–water partition coefficient (Wildman–Crippen LogP) is 5.24. The van der Waals surface area contributed by atoms with Crippen LogP contribution in [0.1, 0.15) is 52.4 Å². The molecule has 0 amide bonds. The Labute approximate surface area is 131 Å². The van der Waals surface area contributed by atoms with Crippen LogP contribution in [0.15, 0.2) is 48.2 Å². The number of unbranched alkanes of at least 4 members (excludes halogenated alkanes) is 2. The topological polar surface area (TPSA) is 3.24 Å². The SMILES string of the molecule is C=CCN(CC=C)C1=C(C#CC)C(CCCCC)=CCC1. The van der Waals surface area contributed by atoms with Crippen molar-refractivity contribution in [2.24, 2.45) is 0 Å². The third-order valence-electron chi connectivity index (χ3n) is 3.76. The van der Waals surface area contributed by atoms with Crippen LogP contribution in [0, 0.1) is 11.8 Å². The van der Waals surface area contributed by atoms with Gasteiger partial charge in [-0.15, -0.1) is 19.1 Å². The third-order valence-corrected chi connectivity index (χ3v) is 3.76. The molecule has 21 heavy (non-hydrogen) atoms. The van der Waals surface area contributed by atoms with Gasteiger partial charge in [-0.2, -0.15) is 0 Å². The molecule has 0 bridgehead atoms. The summed E-state index contributed by atoms with van der Waals surface area (Å²) in [5.41, 5.74) is 4.07. The van der Waals surface area contributed by atoms with Crippen molar-refractivity contribution in [3.8, 4) is 11.8 Å². The molecule has 0 saturated heterocycles. The fourth-order valence-electron chi connectivity index (χ4n) is 2.79. The fraction of sp³-hybridized carbons (Fsp3) is 0.500. The molecule has 0 aromatic heterocycles. The molecule has 1 heteroatoms. The van der Waals surface area contributed by atoms with Crippen LogP contribution in [0.25, 0.3) is 0 Å². The highest BCUT2D eigenvalue weighted by molar-refractivity contribution is 5.50. The Kier molecular flexibility index (Phi) is 8.36. The van der Waals surface area contributed by atoms with Gasteiger partial charge in [-0.1, -0.05) is 43.9 Å². The lowest BCUT2D eigenvalue weighted by atomic mass is 9.90. The molecule has 114 valence electrons. The van der Waals surface area contributed by atoms with Crippen LogP contribution in [0.4, 0.5) is 0 Å². The highest BCUT2D eigenvalue weighted by Crippen LogP contribution is 2.30. The smallest absolute Gasteiger partial charge is 0.0465 e. The molecule has 0 atom stereocenters. The number of hydrogen-bond acceptors (Lipinski definition) is 1. The number of hydrogen-bond donors (Lipinski definition) is 0. The summed E-state index contributed by atoms with van der Waals surface area (Å²) in [6, 6.07) is 0. The highest BCUT2D eigenvalue weighted by Gasteiger charge is 2.18. The van der Waals surface area contributed by atoms with Crippen molar-refractivity contribution in [1.82, 2.24) is 4.90 Å². The van der Waals surface area contributed by atoms with Crippen LogP contribution in [-0.2, 0) is 0 Å². The third kappa shape index (κ3) is 5.31. The molecule has 1 rings (SSSR count). The number of nitrogens with zero attached hydrogens (tertiary/aromatic N) is 1. The lowest BCUT2D eigenvalue weighted by Crippen LogP contribution is -2.26. The van der Waals surface area contributed by atoms with Crippen LogP contribution in [0.3, 0.4) is 0 Å². The largest absolute Gasteiger partial charge is 0.366 e. The van der Waals surface area contributed by atoms with E-state index in [4.69, 9.17) is 0 Å². The summed E-state index contributed by atoms with van der Waals surface area (Å²) >= 11 is 0. The average molecular weight is 283 g/mol. The first-order valence-corrected chi connectivity index (χ1v) is 8.10. The van der Waals surface area contributed by atoms with Crippen LogP contribution in [-0.4, -0.2) is 18.0 Å². The summed E-state index contributed by atoms with van der Waals surface area (Å²) in [4.78, 5) is 2.35. The quantitative estimate of drug-likeness (QED) is 0.318. The number of rotatable bonds is 9. The number of allylic oxidation sites excluding steroid dienone is 4. The zero-order valence-corrected chi connectivity index (χ0v) is 13.8. The van der Waals surface area contributed by atoms with Crippen LogP contribution in [0.5, 0.6) is 0 Å². The van der Waals surface area contributed by atoms with E-state index in [0.717, 1.165) is 32.4 Å². The molecule has 0 unspecified atom stereocenters. The van der Waals surface area contributed by atoms with E-state index in [9.17, 15) is 0 Å². The van der Waals surface area contributed by atoms with Gasteiger partial charge in [0.2, 0.25) is 0 Å². The van der Waals surface area contributed by atoms with E-state index in [0.29, 0.717) is 0 Å². The molecule has 0 aliphatic heterocycles. The lowest BCUT2D eigenvalue weighted by molar-refractivity contribution is 0.399. The minimum atomic E-state index is 0.860. The van der Waals surface area contributed by atoms with Gasteiger partial charge in [0, 0.05) is 24.4 Å². The van der Waals surface area contributed by atoms with E-state index >= 15 is 0 Å². The van der Waals surface area contributed by atoms with Crippen molar-refractivity contribution in [3.05, 3.63) is 48.2 Å². The second-order valence-electron chi connectivity index (χ2n) is 5.40. The summed E-state index contributed by atoms with van der Waals surface area (Å²) in [6.07, 6.45) is 13.5. The summed E-state index contributed by atoms with van der Waals surface area (Å²) in [6.45, 7) is 13.7. The Bertz CT molecular complexity index is 458. The molecule has 1 nitrogen and oxygen atoms in total. The fourth-order valence-corrected chi connectivity index (χ4v) is 2.79. The van der Waals surface area contributed by atoms with Gasteiger partial charge in [0.05, 0.1) is 0 Å². The van der Waals surface area contributed by atoms with Crippen molar-refractivity contribution < 1.29 is 0 Å². The van der Waals surface area contributed by atoms with Crippen molar-refractivity contribution in [2.45, 2.75) is 52.4 Å². The predicted molar refractivity (Wildman–Crippen MR) is 93.9 cm³/mol. The maximum absolute atomic E-state index is 3.88. The molecule has 0 aromatic carbocycles. The van der Waals surface area contributed by atoms with Crippen LogP contribution in [0.2, 0.25) is 0 Å². The molecule has 1 aliphatic rings. The second-order valence-corrected chi connectivity index (χ2v) is 5.40. The molecular weight excluding hydrogens is 254 g/mol. The molecule has 0 fully saturated rings. The van der Waals surface area contributed by atoms with E-state index in [2.05, 4.69) is 42.9 Å². The summed E-state index contributed by atoms with van der Waals surface area (Å²) in [5, 5.41) is 0. The summed E-state index contributed by atoms with van der Waals surface area (Å²) < 4.78 is 0. The maximum atomic E-state index is 3.88. The first kappa shape index (κ1) is 17.4. The van der Waals surface area contributed by atoms with Gasteiger partial charge in [-0.25, -0.2) is 0 Å². The Morgan fingerprint density at radius 1 is 1.24 bits per heavy atom. The van der Waals surface area contributed by atoms with E-state index in [-0.39, 0.29) is 0 Å². The zero-order valence-electron chi connectivity index (χ0n) is 13.8. The second kappa shape index (κ2) is 10.1. The van der Waals surface area contributed by atoms with Crippen molar-refractivity contribution in [3.63, 3.8) is 0 Å². The van der Waals surface area contributed by atoms with E-state index in [1.165, 1.54) is 36.1 Å². The standard InChI is InChI=1S/C20H29N/c1-5-9-10-13-18-14-11-15-20(19(18)12-6-2)21(16-7-3)17-8-4/h7-8,14H,3-5,9-11,13,15-17H2,1-2H3. The van der Waals surface area contributed by atoms with Gasteiger partial charge in [0.15, 0.2) is 0 Å². The lowest BCUT2D eigenvalue weighted by Gasteiger charge is -2.29. The average Bonchev–Trinajstić information content (AvgIpc) is 2.49. The molecule has 0 spiro atoms. The molecular formula is C20H29N.